The minimum atomic E-state index is -1.10. The van der Waals surface area contributed by atoms with E-state index in [0.717, 1.165) is 25.4 Å². The van der Waals surface area contributed by atoms with Gasteiger partial charge in [0.25, 0.3) is 0 Å². The van der Waals surface area contributed by atoms with Crippen LogP contribution in [0, 0.1) is 0 Å². The van der Waals surface area contributed by atoms with Crippen LogP contribution in [-0.2, 0) is 11.3 Å². The number of aromatic carboxylic acids is 1. The summed E-state index contributed by atoms with van der Waals surface area (Å²) in [6.45, 7) is 5.46. The molecule has 0 spiro atoms. The summed E-state index contributed by atoms with van der Waals surface area (Å²) in [5.74, 6) is -0.299. The number of hydrogen-bond donors (Lipinski definition) is 1. The number of methoxy groups -OCH3 is 1. The quantitative estimate of drug-likeness (QED) is 0.827. The predicted molar refractivity (Wildman–Crippen MR) is 98.7 cm³/mol. The van der Waals surface area contributed by atoms with Crippen molar-refractivity contribution in [2.45, 2.75) is 19.5 Å². The lowest BCUT2D eigenvalue weighted by Gasteiger charge is -2.36. The number of aromatic nitrogens is 2. The summed E-state index contributed by atoms with van der Waals surface area (Å²) in [5, 5.41) is 12.9. The van der Waals surface area contributed by atoms with Gasteiger partial charge < -0.3 is 14.7 Å². The number of piperazine rings is 1. The lowest BCUT2D eigenvalue weighted by atomic mass is 10.2. The van der Waals surface area contributed by atoms with E-state index in [2.05, 4.69) is 22.1 Å². The molecule has 1 aliphatic rings. The van der Waals surface area contributed by atoms with Crippen molar-refractivity contribution in [3.05, 3.63) is 47.8 Å². The molecule has 1 aliphatic heterocycles. The second-order valence-electron chi connectivity index (χ2n) is 6.61. The number of nitrogens with zero attached hydrogens (tertiary/aromatic N) is 4. The van der Waals surface area contributed by atoms with Crippen LogP contribution in [0.25, 0.3) is 0 Å². The van der Waals surface area contributed by atoms with Gasteiger partial charge in [0, 0.05) is 38.9 Å². The Labute approximate surface area is 157 Å². The van der Waals surface area contributed by atoms with Gasteiger partial charge in [-0.25, -0.2) is 4.79 Å². The van der Waals surface area contributed by atoms with Crippen LogP contribution >= 0.6 is 0 Å². The van der Waals surface area contributed by atoms with E-state index in [1.807, 2.05) is 17.0 Å². The van der Waals surface area contributed by atoms with Crippen LogP contribution in [-0.4, -0.2) is 69.9 Å². The second-order valence-corrected chi connectivity index (χ2v) is 6.61. The van der Waals surface area contributed by atoms with Gasteiger partial charge in [-0.05, 0) is 30.7 Å². The Balaban J connectivity index is 1.52. The number of rotatable bonds is 6. The molecule has 1 fully saturated rings. The SMILES string of the molecule is COc1ccc(CN2CCN(C(=O)C(C)n3ccc(C(=O)O)n3)CC2)cc1. The van der Waals surface area contributed by atoms with Gasteiger partial charge in [-0.1, -0.05) is 12.1 Å². The van der Waals surface area contributed by atoms with Crippen molar-refractivity contribution in [1.82, 2.24) is 19.6 Å². The van der Waals surface area contributed by atoms with Crippen molar-refractivity contribution >= 4 is 11.9 Å². The molecule has 0 aliphatic carbocycles. The molecule has 3 rings (SSSR count). The molecule has 1 aromatic carbocycles. The molecular weight excluding hydrogens is 348 g/mol. The third kappa shape index (κ3) is 4.46. The van der Waals surface area contributed by atoms with Crippen molar-refractivity contribution in [2.24, 2.45) is 0 Å². The van der Waals surface area contributed by atoms with Crippen molar-refractivity contribution in [3.8, 4) is 5.75 Å². The first-order valence-corrected chi connectivity index (χ1v) is 8.90. The standard InChI is InChI=1S/C19H24N4O4/c1-14(23-8-7-17(20-23)19(25)26)18(24)22-11-9-21(10-12-22)13-15-3-5-16(27-2)6-4-15/h3-8,14H,9-13H2,1-2H3,(H,25,26). The maximum atomic E-state index is 12.7. The highest BCUT2D eigenvalue weighted by Gasteiger charge is 2.26. The van der Waals surface area contributed by atoms with Crippen LogP contribution in [0.15, 0.2) is 36.5 Å². The molecule has 2 heterocycles. The van der Waals surface area contributed by atoms with Crippen LogP contribution in [0.5, 0.6) is 5.75 Å². The molecule has 27 heavy (non-hydrogen) atoms. The van der Waals surface area contributed by atoms with Crippen molar-refractivity contribution in [1.29, 1.82) is 0 Å². The Morgan fingerprint density at radius 2 is 1.81 bits per heavy atom. The molecule has 1 saturated heterocycles. The van der Waals surface area contributed by atoms with Gasteiger partial charge in [0.05, 0.1) is 7.11 Å². The van der Waals surface area contributed by atoms with Gasteiger partial charge in [0.15, 0.2) is 5.69 Å². The smallest absolute Gasteiger partial charge is 0.356 e. The van der Waals surface area contributed by atoms with Crippen LogP contribution < -0.4 is 4.74 Å². The van der Waals surface area contributed by atoms with E-state index < -0.39 is 12.0 Å². The summed E-state index contributed by atoms with van der Waals surface area (Å²) in [7, 11) is 1.65. The van der Waals surface area contributed by atoms with E-state index in [1.54, 1.807) is 14.0 Å². The van der Waals surface area contributed by atoms with Crippen LogP contribution in [0.4, 0.5) is 0 Å². The normalized spacial score (nSPS) is 16.1. The first kappa shape index (κ1) is 18.9. The Morgan fingerprint density at radius 1 is 1.15 bits per heavy atom. The number of carboxylic acids is 1. The largest absolute Gasteiger partial charge is 0.497 e. The molecule has 8 nitrogen and oxygen atoms in total. The zero-order chi connectivity index (χ0) is 19.4. The van der Waals surface area contributed by atoms with E-state index in [4.69, 9.17) is 9.84 Å². The first-order valence-electron chi connectivity index (χ1n) is 8.90. The number of hydrogen-bond acceptors (Lipinski definition) is 5. The van der Waals surface area contributed by atoms with Gasteiger partial charge in [0.2, 0.25) is 5.91 Å². The zero-order valence-electron chi connectivity index (χ0n) is 15.5. The fourth-order valence-corrected chi connectivity index (χ4v) is 3.16. The zero-order valence-corrected chi connectivity index (χ0v) is 15.5. The minimum Gasteiger partial charge on any atom is -0.497 e. The summed E-state index contributed by atoms with van der Waals surface area (Å²) in [6.07, 6.45) is 1.53. The fourth-order valence-electron chi connectivity index (χ4n) is 3.16. The summed E-state index contributed by atoms with van der Waals surface area (Å²) >= 11 is 0. The molecule has 1 N–H and O–H groups in total. The first-order chi connectivity index (χ1) is 13.0. The summed E-state index contributed by atoms with van der Waals surface area (Å²) in [4.78, 5) is 27.8. The van der Waals surface area contributed by atoms with Crippen LogP contribution in [0.1, 0.15) is 29.0 Å². The number of amides is 1. The molecule has 1 amide bonds. The highest BCUT2D eigenvalue weighted by Crippen LogP contribution is 2.16. The number of carbonyl (C=O) groups is 2. The average molecular weight is 372 g/mol. The summed E-state index contributed by atoms with van der Waals surface area (Å²) in [5.41, 5.74) is 1.15. The van der Waals surface area contributed by atoms with Crippen molar-refractivity contribution in [2.75, 3.05) is 33.3 Å². The second kappa shape index (κ2) is 8.22. The van der Waals surface area contributed by atoms with E-state index in [-0.39, 0.29) is 11.6 Å². The van der Waals surface area contributed by atoms with E-state index in [1.165, 1.54) is 22.5 Å². The minimum absolute atomic E-state index is 0.0425. The third-order valence-corrected chi connectivity index (χ3v) is 4.83. The lowest BCUT2D eigenvalue weighted by molar-refractivity contribution is -0.136. The number of carbonyl (C=O) groups excluding carboxylic acids is 1. The number of benzene rings is 1. The average Bonchev–Trinajstić information content (AvgIpc) is 3.18. The van der Waals surface area contributed by atoms with Gasteiger partial charge in [-0.2, -0.15) is 5.10 Å². The molecule has 1 atom stereocenters. The highest BCUT2D eigenvalue weighted by molar-refractivity contribution is 5.85. The Hall–Kier alpha value is -2.87. The topological polar surface area (TPSA) is 87.9 Å². The van der Waals surface area contributed by atoms with Crippen LogP contribution in [0.2, 0.25) is 0 Å². The van der Waals surface area contributed by atoms with Gasteiger partial charge in [0.1, 0.15) is 11.8 Å². The van der Waals surface area contributed by atoms with Crippen LogP contribution in [0.3, 0.4) is 0 Å². The maximum absolute atomic E-state index is 12.7. The monoisotopic (exact) mass is 372 g/mol. The van der Waals surface area contributed by atoms with Gasteiger partial charge in [-0.15, -0.1) is 0 Å². The molecule has 144 valence electrons. The summed E-state index contributed by atoms with van der Waals surface area (Å²) in [6, 6.07) is 8.88. The van der Waals surface area contributed by atoms with Gasteiger partial charge >= 0.3 is 5.97 Å². The number of ether oxygens (including phenoxy) is 1. The molecular formula is C19H24N4O4. The third-order valence-electron chi connectivity index (χ3n) is 4.83. The molecule has 0 saturated carbocycles. The van der Waals surface area contributed by atoms with Crippen molar-refractivity contribution < 1.29 is 19.4 Å². The molecule has 8 heteroatoms. The molecule has 1 unspecified atom stereocenters. The van der Waals surface area contributed by atoms with E-state index >= 15 is 0 Å². The van der Waals surface area contributed by atoms with Crippen molar-refractivity contribution in [3.63, 3.8) is 0 Å². The van der Waals surface area contributed by atoms with Gasteiger partial charge in [-0.3, -0.25) is 14.4 Å². The Morgan fingerprint density at radius 3 is 2.37 bits per heavy atom. The Kier molecular flexibility index (Phi) is 5.75. The summed E-state index contributed by atoms with van der Waals surface area (Å²) < 4.78 is 6.59. The molecule has 0 bridgehead atoms. The Bertz CT molecular complexity index is 794. The number of carboxylic acid groups (broad SMARTS) is 1. The van der Waals surface area contributed by atoms with E-state index in [9.17, 15) is 9.59 Å². The predicted octanol–water partition coefficient (Wildman–Crippen LogP) is 1.50. The molecule has 1 aromatic heterocycles. The fraction of sp³-hybridized carbons (Fsp3) is 0.421. The maximum Gasteiger partial charge on any atom is 0.356 e. The highest BCUT2D eigenvalue weighted by atomic mass is 16.5. The molecule has 0 radical (unpaired) electrons. The molecule has 2 aromatic rings. The van der Waals surface area contributed by atoms with E-state index in [0.29, 0.717) is 13.1 Å². The lowest BCUT2D eigenvalue weighted by Crippen LogP contribution is -2.49.